The average molecular weight is 268 g/mol. The molecule has 1 aromatic heterocycles. The van der Waals surface area contributed by atoms with Crippen molar-refractivity contribution >= 4 is 11.9 Å². The highest BCUT2D eigenvalue weighted by atomic mass is 16.4. The van der Waals surface area contributed by atoms with Gasteiger partial charge in [-0.2, -0.15) is 0 Å². The molecule has 0 aromatic carbocycles. The van der Waals surface area contributed by atoms with E-state index in [2.05, 4.69) is 20.6 Å². The van der Waals surface area contributed by atoms with Crippen LogP contribution >= 0.6 is 0 Å². The summed E-state index contributed by atoms with van der Waals surface area (Å²) in [5, 5.41) is 24.0. The normalized spacial score (nSPS) is 14.2. The van der Waals surface area contributed by atoms with E-state index in [1.807, 2.05) is 13.8 Å². The highest BCUT2D eigenvalue weighted by molar-refractivity contribution is 5.74. The first-order chi connectivity index (χ1) is 8.90. The molecular weight excluding hydrogens is 248 g/mol. The fourth-order valence-corrected chi connectivity index (χ4v) is 1.47. The second-order valence-electron chi connectivity index (χ2n) is 4.65. The van der Waals surface area contributed by atoms with Crippen LogP contribution in [0.3, 0.4) is 0 Å². The number of carboxylic acid groups (broad SMARTS) is 1. The smallest absolute Gasteiger partial charge is 0.323 e. The van der Waals surface area contributed by atoms with Gasteiger partial charge in [0.15, 0.2) is 0 Å². The fraction of sp³-hybridized carbons (Fsp3) is 0.583. The number of aromatic nitrogens is 2. The van der Waals surface area contributed by atoms with Crippen LogP contribution in [0.4, 0.5) is 5.95 Å². The maximum absolute atomic E-state index is 10.9. The van der Waals surface area contributed by atoms with Crippen molar-refractivity contribution in [1.82, 2.24) is 15.3 Å². The number of carbonyl (C=O) groups is 1. The lowest BCUT2D eigenvalue weighted by molar-refractivity contribution is -0.142. The highest BCUT2D eigenvalue weighted by Crippen LogP contribution is 2.03. The Morgan fingerprint density at radius 3 is 2.32 bits per heavy atom. The van der Waals surface area contributed by atoms with Crippen LogP contribution in [0.1, 0.15) is 26.3 Å². The molecule has 106 valence electrons. The predicted octanol–water partition coefficient (Wildman–Crippen LogP) is 0.221. The van der Waals surface area contributed by atoms with E-state index in [4.69, 9.17) is 5.11 Å². The van der Waals surface area contributed by atoms with Gasteiger partial charge in [0.2, 0.25) is 5.95 Å². The summed E-state index contributed by atoms with van der Waals surface area (Å²) in [6.45, 7) is 5.68. The van der Waals surface area contributed by atoms with Gasteiger partial charge in [0.1, 0.15) is 6.04 Å². The van der Waals surface area contributed by atoms with E-state index in [0.29, 0.717) is 5.95 Å². The van der Waals surface area contributed by atoms with Crippen LogP contribution in [-0.4, -0.2) is 44.3 Å². The van der Waals surface area contributed by atoms with Crippen LogP contribution in [-0.2, 0) is 11.3 Å². The first-order valence-corrected chi connectivity index (χ1v) is 6.12. The molecule has 0 aliphatic rings. The SMILES string of the molecule is CC(C)Nc1ncc(CN[C@H](C(=O)O)[C@@H](C)O)cn1. The summed E-state index contributed by atoms with van der Waals surface area (Å²) >= 11 is 0. The van der Waals surface area contributed by atoms with Gasteiger partial charge in [-0.1, -0.05) is 0 Å². The number of rotatable bonds is 7. The zero-order chi connectivity index (χ0) is 14.4. The average Bonchev–Trinajstić information content (AvgIpc) is 2.29. The van der Waals surface area contributed by atoms with Crippen molar-refractivity contribution in [3.05, 3.63) is 18.0 Å². The van der Waals surface area contributed by atoms with Crippen molar-refractivity contribution in [2.24, 2.45) is 0 Å². The number of hydrogen-bond donors (Lipinski definition) is 4. The Morgan fingerprint density at radius 1 is 1.32 bits per heavy atom. The lowest BCUT2D eigenvalue weighted by Gasteiger charge is -2.16. The molecular formula is C12H20N4O3. The maximum Gasteiger partial charge on any atom is 0.323 e. The van der Waals surface area contributed by atoms with Gasteiger partial charge in [0.05, 0.1) is 6.10 Å². The molecule has 2 atom stereocenters. The van der Waals surface area contributed by atoms with E-state index in [0.717, 1.165) is 5.56 Å². The van der Waals surface area contributed by atoms with E-state index < -0.39 is 18.1 Å². The topological polar surface area (TPSA) is 107 Å². The lowest BCUT2D eigenvalue weighted by Crippen LogP contribution is -2.44. The van der Waals surface area contributed by atoms with Gasteiger partial charge in [0.25, 0.3) is 0 Å². The molecule has 0 aliphatic carbocycles. The van der Waals surface area contributed by atoms with Crippen LogP contribution in [0, 0.1) is 0 Å². The summed E-state index contributed by atoms with van der Waals surface area (Å²) in [4.78, 5) is 19.1. The van der Waals surface area contributed by atoms with Crippen molar-refractivity contribution in [3.63, 3.8) is 0 Å². The van der Waals surface area contributed by atoms with Crippen LogP contribution in [0.2, 0.25) is 0 Å². The van der Waals surface area contributed by atoms with Gasteiger partial charge in [0, 0.05) is 30.5 Å². The van der Waals surface area contributed by atoms with Gasteiger partial charge >= 0.3 is 5.97 Å². The van der Waals surface area contributed by atoms with E-state index in [9.17, 15) is 9.90 Å². The zero-order valence-electron chi connectivity index (χ0n) is 11.3. The predicted molar refractivity (Wildman–Crippen MR) is 70.7 cm³/mol. The third-order valence-electron chi connectivity index (χ3n) is 2.40. The minimum Gasteiger partial charge on any atom is -0.480 e. The number of nitrogens with zero attached hydrogens (tertiary/aromatic N) is 2. The van der Waals surface area contributed by atoms with E-state index in [1.54, 1.807) is 12.4 Å². The number of hydrogen-bond acceptors (Lipinski definition) is 6. The van der Waals surface area contributed by atoms with Crippen molar-refractivity contribution in [3.8, 4) is 0 Å². The van der Waals surface area contributed by atoms with Crippen LogP contribution in [0.5, 0.6) is 0 Å². The Labute approximate surface area is 112 Å². The van der Waals surface area contributed by atoms with Crippen molar-refractivity contribution < 1.29 is 15.0 Å². The number of anilines is 1. The number of carboxylic acids is 1. The Hall–Kier alpha value is -1.73. The molecule has 0 unspecified atom stereocenters. The van der Waals surface area contributed by atoms with Crippen LogP contribution in [0.15, 0.2) is 12.4 Å². The summed E-state index contributed by atoms with van der Waals surface area (Å²) in [6, 6.07) is -0.760. The fourth-order valence-electron chi connectivity index (χ4n) is 1.47. The van der Waals surface area contributed by atoms with E-state index in [1.165, 1.54) is 6.92 Å². The summed E-state index contributed by atoms with van der Waals surface area (Å²) in [7, 11) is 0. The first kappa shape index (κ1) is 15.3. The van der Waals surface area contributed by atoms with Crippen LogP contribution < -0.4 is 10.6 Å². The molecule has 7 heteroatoms. The van der Waals surface area contributed by atoms with E-state index in [-0.39, 0.29) is 12.6 Å². The zero-order valence-corrected chi connectivity index (χ0v) is 11.3. The Bertz CT molecular complexity index is 406. The van der Waals surface area contributed by atoms with Gasteiger partial charge in [-0.25, -0.2) is 9.97 Å². The third kappa shape index (κ3) is 5.19. The summed E-state index contributed by atoms with van der Waals surface area (Å²) in [5.74, 6) is -0.557. The number of aliphatic carboxylic acids is 1. The molecule has 4 N–H and O–H groups in total. The van der Waals surface area contributed by atoms with Crippen LogP contribution in [0.25, 0.3) is 0 Å². The largest absolute Gasteiger partial charge is 0.480 e. The Balaban J connectivity index is 2.56. The second-order valence-corrected chi connectivity index (χ2v) is 4.65. The van der Waals surface area contributed by atoms with Gasteiger partial charge < -0.3 is 15.5 Å². The summed E-state index contributed by atoms with van der Waals surface area (Å²) < 4.78 is 0. The monoisotopic (exact) mass is 268 g/mol. The molecule has 0 bridgehead atoms. The molecule has 0 amide bonds. The van der Waals surface area contributed by atoms with Crippen molar-refractivity contribution in [2.75, 3.05) is 5.32 Å². The van der Waals surface area contributed by atoms with Crippen molar-refractivity contribution in [1.29, 1.82) is 0 Å². The van der Waals surface area contributed by atoms with E-state index >= 15 is 0 Å². The minimum atomic E-state index is -1.09. The van der Waals surface area contributed by atoms with Gasteiger partial charge in [-0.3, -0.25) is 10.1 Å². The number of aliphatic hydroxyl groups excluding tert-OH is 1. The molecule has 0 aliphatic heterocycles. The summed E-state index contributed by atoms with van der Waals surface area (Å²) in [6.07, 6.45) is 2.26. The molecule has 1 rings (SSSR count). The maximum atomic E-state index is 10.9. The quantitative estimate of drug-likeness (QED) is 0.560. The second kappa shape index (κ2) is 7.01. The molecule has 0 saturated carbocycles. The molecule has 7 nitrogen and oxygen atoms in total. The molecule has 0 fully saturated rings. The van der Waals surface area contributed by atoms with Gasteiger partial charge in [-0.15, -0.1) is 0 Å². The number of aliphatic hydroxyl groups is 1. The molecule has 0 radical (unpaired) electrons. The molecule has 0 saturated heterocycles. The standard InChI is InChI=1S/C12H20N4O3/c1-7(2)16-12-14-5-9(6-15-12)4-13-10(8(3)17)11(18)19/h5-8,10,13,17H,4H2,1-3H3,(H,18,19)(H,14,15,16)/t8-,10+/m1/s1. The Kier molecular flexibility index (Phi) is 5.65. The lowest BCUT2D eigenvalue weighted by atomic mass is 10.2. The number of nitrogens with one attached hydrogen (secondary N) is 2. The molecule has 19 heavy (non-hydrogen) atoms. The molecule has 0 spiro atoms. The minimum absolute atomic E-state index is 0.246. The van der Waals surface area contributed by atoms with Gasteiger partial charge in [-0.05, 0) is 20.8 Å². The molecule has 1 aromatic rings. The Morgan fingerprint density at radius 2 is 1.89 bits per heavy atom. The first-order valence-electron chi connectivity index (χ1n) is 6.12. The third-order valence-corrected chi connectivity index (χ3v) is 2.40. The molecule has 1 heterocycles. The summed E-state index contributed by atoms with van der Waals surface area (Å²) in [5.41, 5.74) is 0.751. The highest BCUT2D eigenvalue weighted by Gasteiger charge is 2.22. The van der Waals surface area contributed by atoms with Crippen molar-refractivity contribution in [2.45, 2.75) is 45.5 Å².